The quantitative estimate of drug-likeness (QED) is 0.0302. The summed E-state index contributed by atoms with van der Waals surface area (Å²) in [5.41, 5.74) is 0. The fourth-order valence-corrected chi connectivity index (χ4v) is 5.45. The van der Waals surface area contributed by atoms with E-state index in [0.29, 0.717) is 71.4 Å². The largest absolute Gasteiger partial charge is 0.479 e. The highest BCUT2D eigenvalue weighted by Crippen LogP contribution is 2.06. The summed E-state index contributed by atoms with van der Waals surface area (Å²) in [5.74, 6) is -14.3. The van der Waals surface area contributed by atoms with Crippen LogP contribution in [0.2, 0.25) is 0 Å². The van der Waals surface area contributed by atoms with Gasteiger partial charge in [0.15, 0.2) is 74.2 Å². The maximum Gasteiger partial charge on any atom is 0.341 e. The van der Waals surface area contributed by atoms with E-state index in [-0.39, 0.29) is 114 Å². The maximum absolute atomic E-state index is 11.3. The van der Waals surface area contributed by atoms with Crippen molar-refractivity contribution in [2.45, 2.75) is 145 Å². The number of carboxylic acids is 5. The second-order valence-corrected chi connectivity index (χ2v) is 20.1. The minimum Gasteiger partial charge on any atom is -0.479 e. The Kier molecular flexibility index (Phi) is 71.4. The molecule has 0 aliphatic carbocycles. The Morgan fingerprint density at radius 1 is 0.233 bits per heavy atom. The molecule has 0 aromatic rings. The third-order valence-corrected chi connectivity index (χ3v) is 10.0. The van der Waals surface area contributed by atoms with E-state index in [1.807, 2.05) is 0 Å². The lowest BCUT2D eigenvalue weighted by Crippen LogP contribution is -2.28. The summed E-state index contributed by atoms with van der Waals surface area (Å²) in [6, 6.07) is 0. The minimum atomic E-state index is -1.29. The summed E-state index contributed by atoms with van der Waals surface area (Å²) in [6.07, 6.45) is 4.94. The fourth-order valence-electron chi connectivity index (χ4n) is 5.45. The van der Waals surface area contributed by atoms with Gasteiger partial charge in [0.05, 0.1) is 13.2 Å². The summed E-state index contributed by atoms with van der Waals surface area (Å²) < 4.78 is 74.5. The number of esters is 10. The van der Waals surface area contributed by atoms with E-state index in [0.717, 1.165) is 12.8 Å². The molecular formula is C62H96O41. The average Bonchev–Trinajstić information content (AvgIpc) is 0.993. The number of aliphatic carboxylic acids is 5. The van der Waals surface area contributed by atoms with Crippen LogP contribution >= 0.6 is 0 Å². The first kappa shape index (κ1) is 104. The number of carbonyl (C=O) groups is 20. The van der Waals surface area contributed by atoms with Crippen LogP contribution in [0.3, 0.4) is 0 Å². The van der Waals surface area contributed by atoms with Crippen LogP contribution in [0.4, 0.5) is 0 Å². The Morgan fingerprint density at radius 3 is 0.796 bits per heavy atom. The second kappa shape index (κ2) is 70.6. The topological polar surface area (TPSA) is 590 Å². The van der Waals surface area contributed by atoms with Crippen LogP contribution < -0.4 is 0 Å². The highest BCUT2D eigenvalue weighted by atomic mass is 16.6. The lowest BCUT2D eigenvalue weighted by Gasteiger charge is -2.11. The molecule has 0 rings (SSSR count). The molecule has 0 amide bonds. The van der Waals surface area contributed by atoms with E-state index < -0.39 is 149 Å². The smallest absolute Gasteiger partial charge is 0.341 e. The van der Waals surface area contributed by atoms with Gasteiger partial charge in [-0.1, -0.05) is 26.7 Å². The van der Waals surface area contributed by atoms with Crippen LogP contribution in [0.25, 0.3) is 0 Å². The number of hydrogen-bond donors (Lipinski definition) is 5. The first-order valence-corrected chi connectivity index (χ1v) is 30.6. The lowest BCUT2D eigenvalue weighted by molar-refractivity contribution is -0.166. The Balaban J connectivity index is -0.000000286. The van der Waals surface area contributed by atoms with Crippen molar-refractivity contribution in [1.82, 2.24) is 0 Å². The van der Waals surface area contributed by atoms with Gasteiger partial charge in [-0.15, -0.1) is 0 Å². The molecule has 590 valence electrons. The highest BCUT2D eigenvalue weighted by Gasteiger charge is 2.20. The third-order valence-electron chi connectivity index (χ3n) is 10.0. The molecule has 0 saturated carbocycles. The summed E-state index contributed by atoms with van der Waals surface area (Å²) in [4.78, 5) is 214. The number of rotatable bonds is 55. The normalized spacial score (nSPS) is 10.4. The van der Waals surface area contributed by atoms with Gasteiger partial charge in [0, 0.05) is 39.1 Å². The molecule has 0 aliphatic heterocycles. The van der Waals surface area contributed by atoms with Gasteiger partial charge in [0.2, 0.25) is 0 Å². The van der Waals surface area contributed by atoms with Gasteiger partial charge in [0.25, 0.3) is 0 Å². The molecule has 0 radical (unpaired) electrons. The van der Waals surface area contributed by atoms with E-state index in [9.17, 15) is 95.9 Å². The molecule has 0 aromatic heterocycles. The minimum absolute atomic E-state index is 0. The molecule has 103 heavy (non-hydrogen) atoms. The molecule has 0 saturated heterocycles. The van der Waals surface area contributed by atoms with Gasteiger partial charge in [-0.2, -0.15) is 0 Å². The van der Waals surface area contributed by atoms with Crippen molar-refractivity contribution >= 4 is 118 Å². The number of carboxylic acid groups (broad SMARTS) is 5. The van der Waals surface area contributed by atoms with Crippen molar-refractivity contribution < 1.29 is 197 Å². The first-order valence-electron chi connectivity index (χ1n) is 30.6. The second-order valence-electron chi connectivity index (χ2n) is 20.1. The van der Waals surface area contributed by atoms with Crippen molar-refractivity contribution in [3.8, 4) is 0 Å². The Hall–Kier alpha value is -9.84. The molecular weight excluding hydrogens is 1400 g/mol. The zero-order valence-electron chi connectivity index (χ0n) is 57.7. The fraction of sp³-hybridized carbons (Fsp3) is 0.677. The number of Topliss-reactive ketones (excluding diaryl/α,β-unsaturated/α-hetero) is 5. The van der Waals surface area contributed by atoms with Crippen LogP contribution in [0.1, 0.15) is 133 Å². The number of carbonyl (C=O) groups excluding carboxylic acids is 15. The molecule has 2 unspecified atom stereocenters. The lowest BCUT2D eigenvalue weighted by atomic mass is 10.2. The summed E-state index contributed by atoms with van der Waals surface area (Å²) in [7, 11) is 0. The van der Waals surface area contributed by atoms with E-state index in [1.54, 1.807) is 0 Å². The summed E-state index contributed by atoms with van der Waals surface area (Å²) >= 11 is 0. The Bertz CT molecular complexity index is 2510. The van der Waals surface area contributed by atoms with Crippen LogP contribution in [0, 0.1) is 0 Å². The molecule has 0 spiro atoms. The summed E-state index contributed by atoms with van der Waals surface area (Å²) in [6.45, 7) is 3.78. The van der Waals surface area contributed by atoms with E-state index in [2.05, 4.69) is 42.6 Å². The van der Waals surface area contributed by atoms with Crippen molar-refractivity contribution in [3.05, 3.63) is 0 Å². The number of ketones is 5. The number of unbranched alkanes of at least 4 members (excludes halogenated alkanes) is 6. The summed E-state index contributed by atoms with van der Waals surface area (Å²) in [5, 5.41) is 41.3. The maximum atomic E-state index is 11.3. The highest BCUT2D eigenvalue weighted by molar-refractivity contribution is 5.84. The predicted molar refractivity (Wildman–Crippen MR) is 337 cm³/mol. The van der Waals surface area contributed by atoms with E-state index in [4.69, 9.17) is 58.7 Å². The van der Waals surface area contributed by atoms with Crippen molar-refractivity contribution in [2.24, 2.45) is 0 Å². The molecule has 0 aromatic carbocycles. The SMILES string of the molecule is C.CC(=O)COC(=O)C(C)OCC(=O)OCC(=O)O.CC(=O)COC(=O)CCCCCOC(C)C(=O)OCC(=O)O.CC(=O)COC(=O)CCCCCOCC(=O)OCC(=O)O.CC(=O)COC(=O)CCCCCOCCOCC(=O)OCC(=O)O.CC(=O)COC(=O)COCC(=O)OCC(=O)O. The molecule has 41 heteroatoms. The molecule has 0 aliphatic rings. The van der Waals surface area contributed by atoms with Crippen LogP contribution in [-0.2, 0) is 172 Å². The molecule has 0 bridgehead atoms. The van der Waals surface area contributed by atoms with Gasteiger partial charge in [0.1, 0.15) is 66.1 Å². The molecule has 5 N–H and O–H groups in total. The third kappa shape index (κ3) is 90.1. The van der Waals surface area contributed by atoms with Crippen LogP contribution in [0.15, 0.2) is 0 Å². The van der Waals surface area contributed by atoms with Crippen LogP contribution in [-0.4, -0.2) is 288 Å². The predicted octanol–water partition coefficient (Wildman–Crippen LogP) is -0.0741. The van der Waals surface area contributed by atoms with Crippen molar-refractivity contribution in [2.75, 3.05) is 132 Å². The van der Waals surface area contributed by atoms with Gasteiger partial charge in [-0.25, -0.2) is 57.5 Å². The number of ether oxygens (including phenoxy) is 16. The zero-order valence-corrected chi connectivity index (χ0v) is 57.7. The Morgan fingerprint density at radius 2 is 0.466 bits per heavy atom. The zero-order chi connectivity index (χ0) is 78.6. The van der Waals surface area contributed by atoms with E-state index in [1.165, 1.54) is 48.5 Å². The number of hydrogen-bond acceptors (Lipinski definition) is 36. The van der Waals surface area contributed by atoms with Crippen LogP contribution in [0.5, 0.6) is 0 Å². The standard InChI is InChI=1S/C15H24O9.C14H22O8.C13H20O8.C10H14O8.C9H12O8.CH4/c1-12(16)9-23-14(19)5-3-2-4-6-21-7-8-22-11-15(20)24-10-13(17)18;1-10(15)8-21-13(18)6-4-3-5-7-20-11(2)14(19)22-9-12(16)17;1-10(14)7-20-12(17)5-3-2-4-6-19-9-13(18)21-8-11(15)16;1-6(11)3-18-10(15)7(2)16-5-9(14)17-4-8(12)13;1-6(10)2-16-8(13)4-15-5-9(14)17-3-7(11)12;/h2-11H2,1H3,(H,17,18);11H,3-9H2,1-2H3,(H,16,17);2-9H2,1H3,(H,15,16);7H,3-5H2,1-2H3,(H,12,13);2-5H2,1H3,(H,11,12);1H4. The van der Waals surface area contributed by atoms with Gasteiger partial charge >= 0.3 is 89.5 Å². The van der Waals surface area contributed by atoms with Crippen molar-refractivity contribution in [1.29, 1.82) is 0 Å². The average molecular weight is 1500 g/mol. The Labute approximate surface area is 591 Å². The molecule has 41 nitrogen and oxygen atoms in total. The molecule has 0 fully saturated rings. The molecule has 2 atom stereocenters. The van der Waals surface area contributed by atoms with Gasteiger partial charge in [-0.05, 0) is 87.0 Å². The van der Waals surface area contributed by atoms with Gasteiger partial charge < -0.3 is 101 Å². The van der Waals surface area contributed by atoms with Gasteiger partial charge in [-0.3, -0.25) is 38.4 Å². The van der Waals surface area contributed by atoms with E-state index >= 15 is 0 Å². The molecule has 0 heterocycles. The monoisotopic (exact) mass is 1500 g/mol. The first-order chi connectivity index (χ1) is 47.9. The van der Waals surface area contributed by atoms with Crippen molar-refractivity contribution in [3.63, 3.8) is 0 Å².